The van der Waals surface area contributed by atoms with Crippen molar-refractivity contribution in [2.45, 2.75) is 0 Å². The first-order valence-electron chi connectivity index (χ1n) is 17.2. The van der Waals surface area contributed by atoms with Crippen molar-refractivity contribution in [3.05, 3.63) is 182 Å². The van der Waals surface area contributed by atoms with Gasteiger partial charge in [0.25, 0.3) is 0 Å². The molecular formula is C47H30N4. The van der Waals surface area contributed by atoms with Crippen molar-refractivity contribution in [1.82, 2.24) is 19.5 Å². The molecule has 4 heteroatoms. The van der Waals surface area contributed by atoms with Crippen LogP contribution in [0.4, 0.5) is 0 Å². The molecule has 0 amide bonds. The highest BCUT2D eigenvalue weighted by Crippen LogP contribution is 2.39. The molecule has 2 heterocycles. The Kier molecular flexibility index (Phi) is 6.78. The number of nitrogens with zero attached hydrogens (tertiary/aromatic N) is 4. The van der Waals surface area contributed by atoms with Gasteiger partial charge in [-0.15, -0.1) is 0 Å². The van der Waals surface area contributed by atoms with Crippen LogP contribution in [-0.2, 0) is 0 Å². The Morgan fingerprint density at radius 1 is 0.314 bits per heavy atom. The SMILES string of the molecule is c1ccc(-c2nc(-c3ccccc3-c3ccc4c5ccccc5n(-c5ccccc5)c4c3)nc(-c3cc4ccccc4c4ccccc34)n2)cc1. The van der Waals surface area contributed by atoms with Gasteiger partial charge in [-0.25, -0.2) is 15.0 Å². The van der Waals surface area contributed by atoms with Crippen LogP contribution in [-0.4, -0.2) is 19.5 Å². The molecule has 0 spiro atoms. The Morgan fingerprint density at radius 2 is 0.882 bits per heavy atom. The van der Waals surface area contributed by atoms with Gasteiger partial charge in [-0.2, -0.15) is 0 Å². The minimum absolute atomic E-state index is 0.635. The van der Waals surface area contributed by atoms with Gasteiger partial charge in [-0.05, 0) is 63.0 Å². The molecule has 0 aliphatic carbocycles. The lowest BCUT2D eigenvalue weighted by Gasteiger charge is -2.14. The highest BCUT2D eigenvalue weighted by molar-refractivity contribution is 6.13. The van der Waals surface area contributed by atoms with Crippen molar-refractivity contribution in [2.75, 3.05) is 0 Å². The maximum Gasteiger partial charge on any atom is 0.164 e. The third kappa shape index (κ3) is 4.88. The summed E-state index contributed by atoms with van der Waals surface area (Å²) in [5, 5.41) is 7.09. The maximum atomic E-state index is 5.28. The Balaban J connectivity index is 1.21. The third-order valence-corrected chi connectivity index (χ3v) is 9.84. The second-order valence-electron chi connectivity index (χ2n) is 12.8. The zero-order chi connectivity index (χ0) is 33.7. The number of benzene rings is 8. The van der Waals surface area contributed by atoms with E-state index in [1.807, 2.05) is 18.2 Å². The fraction of sp³-hybridized carbons (Fsp3) is 0. The highest BCUT2D eigenvalue weighted by atomic mass is 15.0. The molecule has 0 N–H and O–H groups in total. The second-order valence-corrected chi connectivity index (χ2v) is 12.8. The number of rotatable bonds is 5. The molecule has 0 radical (unpaired) electrons. The number of hydrogen-bond acceptors (Lipinski definition) is 3. The predicted octanol–water partition coefficient (Wildman–Crippen LogP) is 11.9. The van der Waals surface area contributed by atoms with Gasteiger partial charge in [-0.3, -0.25) is 0 Å². The van der Waals surface area contributed by atoms with Crippen molar-refractivity contribution in [1.29, 1.82) is 0 Å². The molecule has 238 valence electrons. The fourth-order valence-corrected chi connectivity index (χ4v) is 7.50. The van der Waals surface area contributed by atoms with Crippen LogP contribution in [0.15, 0.2) is 182 Å². The largest absolute Gasteiger partial charge is 0.309 e. The monoisotopic (exact) mass is 650 g/mol. The molecule has 0 atom stereocenters. The summed E-state index contributed by atoms with van der Waals surface area (Å²) < 4.78 is 2.36. The smallest absolute Gasteiger partial charge is 0.164 e. The van der Waals surface area contributed by atoms with Crippen LogP contribution in [0, 0.1) is 0 Å². The summed E-state index contributed by atoms with van der Waals surface area (Å²) in [7, 11) is 0. The number of aromatic nitrogens is 4. The van der Waals surface area contributed by atoms with Gasteiger partial charge < -0.3 is 4.57 Å². The van der Waals surface area contributed by atoms with Crippen LogP contribution in [0.3, 0.4) is 0 Å². The lowest BCUT2D eigenvalue weighted by atomic mass is 9.96. The Morgan fingerprint density at radius 3 is 1.69 bits per heavy atom. The predicted molar refractivity (Wildman–Crippen MR) is 211 cm³/mol. The van der Waals surface area contributed by atoms with Gasteiger partial charge in [0, 0.05) is 33.2 Å². The summed E-state index contributed by atoms with van der Waals surface area (Å²) >= 11 is 0. The van der Waals surface area contributed by atoms with Gasteiger partial charge in [-0.1, -0.05) is 152 Å². The van der Waals surface area contributed by atoms with Crippen LogP contribution < -0.4 is 0 Å². The van der Waals surface area contributed by atoms with E-state index < -0.39 is 0 Å². The molecule has 0 bridgehead atoms. The van der Waals surface area contributed by atoms with E-state index in [0.717, 1.165) is 49.8 Å². The van der Waals surface area contributed by atoms with Crippen molar-refractivity contribution in [3.63, 3.8) is 0 Å². The van der Waals surface area contributed by atoms with Gasteiger partial charge in [0.2, 0.25) is 0 Å². The molecule has 10 rings (SSSR count). The van der Waals surface area contributed by atoms with Crippen LogP contribution in [0.2, 0.25) is 0 Å². The average molecular weight is 651 g/mol. The van der Waals surface area contributed by atoms with Gasteiger partial charge >= 0.3 is 0 Å². The summed E-state index contributed by atoms with van der Waals surface area (Å²) in [5.41, 5.74) is 8.49. The van der Waals surface area contributed by atoms with E-state index in [0.29, 0.717) is 17.5 Å². The Hall–Kier alpha value is -6.91. The van der Waals surface area contributed by atoms with Crippen molar-refractivity contribution >= 4 is 43.4 Å². The van der Waals surface area contributed by atoms with Crippen LogP contribution in [0.5, 0.6) is 0 Å². The van der Waals surface area contributed by atoms with Crippen molar-refractivity contribution in [2.24, 2.45) is 0 Å². The van der Waals surface area contributed by atoms with Crippen LogP contribution in [0.25, 0.3) is 94.3 Å². The first-order valence-corrected chi connectivity index (χ1v) is 17.2. The maximum absolute atomic E-state index is 5.28. The van der Waals surface area contributed by atoms with Crippen LogP contribution >= 0.6 is 0 Å². The summed E-state index contributed by atoms with van der Waals surface area (Å²) in [6.45, 7) is 0. The quantitative estimate of drug-likeness (QED) is 0.174. The Bertz CT molecular complexity index is 2910. The standard InChI is InChI=1S/C47H30N4/c1-3-15-31(16-4-1)45-48-46(50-47(49-45)42-29-32-17-7-8-20-35(32)37-22-10-11-23-38(37)42)41-25-12-9-21-36(41)33-27-28-40-39-24-13-14-26-43(39)51(44(40)30-33)34-18-5-2-6-19-34/h1-30H. The summed E-state index contributed by atoms with van der Waals surface area (Å²) in [6.07, 6.45) is 0. The zero-order valence-corrected chi connectivity index (χ0v) is 27.6. The molecule has 0 aliphatic heterocycles. The summed E-state index contributed by atoms with van der Waals surface area (Å²) in [6, 6.07) is 63.9. The van der Waals surface area contributed by atoms with E-state index in [2.05, 4.69) is 168 Å². The van der Waals surface area contributed by atoms with Crippen molar-refractivity contribution < 1.29 is 0 Å². The molecule has 0 aliphatic rings. The number of fused-ring (bicyclic) bond motifs is 6. The van der Waals surface area contributed by atoms with Gasteiger partial charge in [0.05, 0.1) is 11.0 Å². The normalized spacial score (nSPS) is 11.5. The lowest BCUT2D eigenvalue weighted by molar-refractivity contribution is 1.08. The molecule has 51 heavy (non-hydrogen) atoms. The van der Waals surface area contributed by atoms with Gasteiger partial charge in [0.1, 0.15) is 0 Å². The fourth-order valence-electron chi connectivity index (χ4n) is 7.50. The highest BCUT2D eigenvalue weighted by Gasteiger charge is 2.19. The summed E-state index contributed by atoms with van der Waals surface area (Å²) in [4.78, 5) is 15.6. The molecule has 0 saturated heterocycles. The molecule has 2 aromatic heterocycles. The molecule has 0 unspecified atom stereocenters. The molecule has 0 saturated carbocycles. The van der Waals surface area contributed by atoms with Crippen molar-refractivity contribution in [3.8, 4) is 51.0 Å². The lowest BCUT2D eigenvalue weighted by Crippen LogP contribution is -2.01. The van der Waals surface area contributed by atoms with Crippen LogP contribution in [0.1, 0.15) is 0 Å². The van der Waals surface area contributed by atoms with E-state index in [4.69, 9.17) is 15.0 Å². The van der Waals surface area contributed by atoms with E-state index >= 15 is 0 Å². The van der Waals surface area contributed by atoms with E-state index in [-0.39, 0.29) is 0 Å². The molecular weight excluding hydrogens is 621 g/mol. The van der Waals surface area contributed by atoms with Gasteiger partial charge in [0.15, 0.2) is 17.5 Å². The third-order valence-electron chi connectivity index (χ3n) is 9.84. The van der Waals surface area contributed by atoms with E-state index in [1.54, 1.807) is 0 Å². The molecule has 10 aromatic rings. The minimum atomic E-state index is 0.635. The zero-order valence-electron chi connectivity index (χ0n) is 27.6. The summed E-state index contributed by atoms with van der Waals surface area (Å²) in [5.74, 6) is 1.92. The second kappa shape index (κ2) is 11.9. The molecule has 0 fully saturated rings. The first-order chi connectivity index (χ1) is 25.3. The minimum Gasteiger partial charge on any atom is -0.309 e. The van der Waals surface area contributed by atoms with E-state index in [1.165, 1.54) is 27.1 Å². The van der Waals surface area contributed by atoms with E-state index in [9.17, 15) is 0 Å². The molecule has 8 aromatic carbocycles. The Labute approximate surface area is 295 Å². The number of hydrogen-bond donors (Lipinski definition) is 0. The number of para-hydroxylation sites is 2. The molecule has 4 nitrogen and oxygen atoms in total. The first kappa shape index (κ1) is 29.0. The topological polar surface area (TPSA) is 43.6 Å². The average Bonchev–Trinajstić information content (AvgIpc) is 3.54.